The number of aliphatic hydroxyl groups excluding tert-OH is 1. The first kappa shape index (κ1) is 27.5. The Labute approximate surface area is 176 Å². The van der Waals surface area contributed by atoms with Gasteiger partial charge in [-0.25, -0.2) is 18.1 Å². The van der Waals surface area contributed by atoms with E-state index in [0.29, 0.717) is 18.7 Å². The number of carbonyl (C=O) groups is 1. The van der Waals surface area contributed by atoms with Crippen molar-refractivity contribution in [3.63, 3.8) is 0 Å². The number of imidazole rings is 1. The largest absolute Gasteiger partial charge is 0.392 e. The minimum atomic E-state index is -3.65. The van der Waals surface area contributed by atoms with Crippen molar-refractivity contribution in [1.82, 2.24) is 19.2 Å². The Morgan fingerprint density at radius 1 is 1.21 bits per heavy atom. The molecule has 170 valence electrons. The molecule has 0 saturated heterocycles. The van der Waals surface area contributed by atoms with Crippen LogP contribution in [0.5, 0.6) is 0 Å². The maximum Gasteiger partial charge on any atom is 0.259 e. The van der Waals surface area contributed by atoms with Crippen molar-refractivity contribution in [3.8, 4) is 0 Å². The Hall–Kier alpha value is -1.45. The smallest absolute Gasteiger partial charge is 0.259 e. The summed E-state index contributed by atoms with van der Waals surface area (Å²) in [6.07, 6.45) is 1.89. The van der Waals surface area contributed by atoms with E-state index >= 15 is 0 Å². The van der Waals surface area contributed by atoms with Crippen molar-refractivity contribution in [1.29, 1.82) is 0 Å². The number of nitrogens with one attached hydrogen (secondary N) is 1. The van der Waals surface area contributed by atoms with Crippen molar-refractivity contribution in [2.45, 2.75) is 72.4 Å². The van der Waals surface area contributed by atoms with Crippen LogP contribution in [0.25, 0.3) is 0 Å². The molecule has 0 aliphatic heterocycles. The third kappa shape index (κ3) is 12.0. The highest BCUT2D eigenvalue weighted by atomic mass is 32.2. The van der Waals surface area contributed by atoms with Gasteiger partial charge in [0.2, 0.25) is 5.91 Å². The minimum absolute atomic E-state index is 0.00474. The molecule has 1 aromatic heterocycles. The van der Waals surface area contributed by atoms with Gasteiger partial charge < -0.3 is 14.6 Å². The number of nitrogens with zero attached hydrogens (tertiary/aromatic N) is 3. The lowest BCUT2D eigenvalue weighted by atomic mass is 9.89. The number of aromatic nitrogens is 2. The number of carbonyl (C=O) groups excluding carboxylic acids is 1. The van der Waals surface area contributed by atoms with E-state index in [1.54, 1.807) is 37.5 Å². The van der Waals surface area contributed by atoms with Crippen LogP contribution in [0.3, 0.4) is 0 Å². The third-order valence-electron chi connectivity index (χ3n) is 3.90. The average molecular weight is 433 g/mol. The molecule has 1 rings (SSSR count). The van der Waals surface area contributed by atoms with E-state index in [0.717, 1.165) is 0 Å². The second kappa shape index (κ2) is 10.5. The molecule has 2 N–H and O–H groups in total. The summed E-state index contributed by atoms with van der Waals surface area (Å²) in [6, 6.07) is 0. The van der Waals surface area contributed by atoms with Gasteiger partial charge in [-0.2, -0.15) is 0 Å². The Balaban J connectivity index is 0.000000665. The molecule has 1 atom stereocenters. The van der Waals surface area contributed by atoms with Crippen molar-refractivity contribution >= 4 is 15.9 Å². The summed E-state index contributed by atoms with van der Waals surface area (Å²) in [6.45, 7) is 13.9. The van der Waals surface area contributed by atoms with Crippen molar-refractivity contribution in [2.75, 3.05) is 20.6 Å². The molecule has 1 amide bonds. The molecule has 1 unspecified atom stereocenters. The molecule has 0 radical (unpaired) electrons. The standard InChI is InChI=1S/C12H23N3O3S.C8H17NO/c1-9-14-11(8-15(9)5)19(17,18)13-7-10(16)6-12(2,3)4;1-8(2,3)6-7(10)9(4)5/h8,10,13,16H,6-7H2,1-5H3;6H2,1-5H3. The molecule has 0 bridgehead atoms. The molecule has 0 fully saturated rings. The molecular weight excluding hydrogens is 392 g/mol. The van der Waals surface area contributed by atoms with Gasteiger partial charge in [0.05, 0.1) is 6.10 Å². The van der Waals surface area contributed by atoms with Crippen LogP contribution in [-0.4, -0.2) is 60.6 Å². The number of hydrogen-bond acceptors (Lipinski definition) is 5. The summed E-state index contributed by atoms with van der Waals surface area (Å²) in [7, 11) is 1.65. The van der Waals surface area contributed by atoms with Crippen LogP contribution < -0.4 is 4.72 Å². The van der Waals surface area contributed by atoms with Crippen molar-refractivity contribution in [3.05, 3.63) is 12.0 Å². The predicted octanol–water partition coefficient (Wildman–Crippen LogP) is 2.31. The molecule has 1 heterocycles. The Bertz CT molecular complexity index is 737. The molecule has 0 aromatic carbocycles. The molecule has 0 aliphatic rings. The van der Waals surface area contributed by atoms with Gasteiger partial charge in [0.1, 0.15) is 5.82 Å². The first-order chi connectivity index (χ1) is 12.8. The Morgan fingerprint density at radius 2 is 1.72 bits per heavy atom. The van der Waals surface area contributed by atoms with Crippen molar-refractivity contribution < 1.29 is 18.3 Å². The predicted molar refractivity (Wildman–Crippen MR) is 116 cm³/mol. The zero-order chi connectivity index (χ0) is 23.2. The van der Waals surface area contributed by atoms with Gasteiger partial charge in [0, 0.05) is 40.3 Å². The van der Waals surface area contributed by atoms with Crippen LogP contribution in [0.4, 0.5) is 0 Å². The van der Waals surface area contributed by atoms with Gasteiger partial charge in [-0.05, 0) is 24.2 Å². The summed E-state index contributed by atoms with van der Waals surface area (Å²) in [5.74, 6) is 0.822. The number of sulfonamides is 1. The van der Waals surface area contributed by atoms with Crippen molar-refractivity contribution in [2.24, 2.45) is 17.9 Å². The lowest BCUT2D eigenvalue weighted by Crippen LogP contribution is -2.34. The lowest BCUT2D eigenvalue weighted by molar-refractivity contribution is -0.130. The van der Waals surface area contributed by atoms with E-state index in [1.807, 2.05) is 20.8 Å². The van der Waals surface area contributed by atoms with Crippen LogP contribution in [-0.2, 0) is 21.9 Å². The van der Waals surface area contributed by atoms with Gasteiger partial charge in [-0.15, -0.1) is 0 Å². The van der Waals surface area contributed by atoms with E-state index in [9.17, 15) is 18.3 Å². The van der Waals surface area contributed by atoms with Gasteiger partial charge in [-0.3, -0.25) is 4.79 Å². The summed E-state index contributed by atoms with van der Waals surface area (Å²) in [5.41, 5.74) is 0.0633. The second-order valence-electron chi connectivity index (χ2n) is 10.0. The first-order valence-electron chi connectivity index (χ1n) is 9.72. The summed E-state index contributed by atoms with van der Waals surface area (Å²) >= 11 is 0. The van der Waals surface area contributed by atoms with E-state index in [4.69, 9.17) is 0 Å². The summed E-state index contributed by atoms with van der Waals surface area (Å²) in [5, 5.41) is 9.78. The number of amides is 1. The molecule has 0 spiro atoms. The van der Waals surface area contributed by atoms with Crippen LogP contribution in [0, 0.1) is 17.8 Å². The summed E-state index contributed by atoms with van der Waals surface area (Å²) in [4.78, 5) is 16.7. The summed E-state index contributed by atoms with van der Waals surface area (Å²) < 4.78 is 28.0. The van der Waals surface area contributed by atoms with Gasteiger partial charge >= 0.3 is 0 Å². The molecule has 0 saturated carbocycles. The van der Waals surface area contributed by atoms with Crippen LogP contribution in [0.1, 0.15) is 60.2 Å². The number of rotatable bonds is 6. The minimum Gasteiger partial charge on any atom is -0.392 e. The average Bonchev–Trinajstić information content (AvgIpc) is 2.83. The maximum atomic E-state index is 12.0. The zero-order valence-corrected chi connectivity index (χ0v) is 20.5. The Kier molecular flexibility index (Phi) is 10.0. The monoisotopic (exact) mass is 432 g/mol. The van der Waals surface area contributed by atoms with Crippen LogP contribution in [0.15, 0.2) is 11.2 Å². The quantitative estimate of drug-likeness (QED) is 0.718. The molecule has 0 aliphatic carbocycles. The maximum absolute atomic E-state index is 12.0. The third-order valence-corrected chi connectivity index (χ3v) is 5.19. The second-order valence-corrected chi connectivity index (χ2v) is 11.7. The van der Waals surface area contributed by atoms with Crippen LogP contribution in [0.2, 0.25) is 0 Å². The SMILES string of the molecule is CN(C)C(=O)CC(C)(C)C.Cc1nc(S(=O)(=O)NCC(O)CC(C)(C)C)cn1C. The highest BCUT2D eigenvalue weighted by molar-refractivity contribution is 7.89. The lowest BCUT2D eigenvalue weighted by Gasteiger charge is -2.22. The van der Waals surface area contributed by atoms with Crippen LogP contribution >= 0.6 is 0 Å². The topological polar surface area (TPSA) is 105 Å². The molecular formula is C20H40N4O4S. The molecule has 1 aromatic rings. The fourth-order valence-electron chi connectivity index (χ4n) is 2.33. The number of aryl methyl sites for hydroxylation is 2. The number of hydrogen-bond donors (Lipinski definition) is 2. The highest BCUT2D eigenvalue weighted by Gasteiger charge is 2.22. The van der Waals surface area contributed by atoms with Gasteiger partial charge in [0.25, 0.3) is 10.0 Å². The van der Waals surface area contributed by atoms with E-state index < -0.39 is 16.1 Å². The van der Waals surface area contributed by atoms with Gasteiger partial charge in [-0.1, -0.05) is 41.5 Å². The fourth-order valence-corrected chi connectivity index (χ4v) is 3.44. The highest BCUT2D eigenvalue weighted by Crippen LogP contribution is 2.20. The fraction of sp³-hybridized carbons (Fsp3) is 0.800. The first-order valence-corrected chi connectivity index (χ1v) is 11.2. The number of aliphatic hydroxyl groups is 1. The Morgan fingerprint density at radius 3 is 2.03 bits per heavy atom. The molecule has 9 heteroatoms. The molecule has 8 nitrogen and oxygen atoms in total. The zero-order valence-electron chi connectivity index (χ0n) is 19.7. The van der Waals surface area contributed by atoms with E-state index in [1.165, 1.54) is 6.20 Å². The van der Waals surface area contributed by atoms with Gasteiger partial charge in [0.15, 0.2) is 5.03 Å². The normalized spacial score (nSPS) is 13.5. The van der Waals surface area contributed by atoms with E-state index in [-0.39, 0.29) is 28.3 Å². The van der Waals surface area contributed by atoms with E-state index in [2.05, 4.69) is 30.5 Å². The molecule has 29 heavy (non-hydrogen) atoms.